The van der Waals surface area contributed by atoms with Crippen LogP contribution < -0.4 is 5.32 Å². The zero-order chi connectivity index (χ0) is 18.1. The third kappa shape index (κ3) is 2.26. The number of hydrogen-bond acceptors (Lipinski definition) is 2. The highest BCUT2D eigenvalue weighted by Gasteiger charge is 2.48. The summed E-state index contributed by atoms with van der Waals surface area (Å²) >= 11 is 6.28. The van der Waals surface area contributed by atoms with Crippen molar-refractivity contribution in [2.75, 3.05) is 11.1 Å². The molecule has 2 aromatic rings. The minimum absolute atomic E-state index is 0.0681. The first-order chi connectivity index (χ1) is 12.5. The van der Waals surface area contributed by atoms with Crippen LogP contribution in [-0.2, 0) is 22.6 Å². The maximum Gasteiger partial charge on any atom is 0.0540 e. The highest BCUT2D eigenvalue weighted by molar-refractivity contribution is 7.94. The van der Waals surface area contributed by atoms with E-state index >= 15 is 0 Å². The Morgan fingerprint density at radius 3 is 2.81 bits per heavy atom. The van der Waals surface area contributed by atoms with Gasteiger partial charge in [-0.25, -0.2) is 0 Å². The molecule has 0 spiro atoms. The van der Waals surface area contributed by atoms with Crippen LogP contribution in [0.15, 0.2) is 48.0 Å². The average molecular weight is 384 g/mol. The lowest BCUT2D eigenvalue weighted by Crippen LogP contribution is -2.52. The molecule has 2 aliphatic heterocycles. The maximum atomic E-state index is 13.3. The Bertz CT molecular complexity index is 978. The number of fused-ring (bicyclic) bond motifs is 5. The predicted molar refractivity (Wildman–Crippen MR) is 110 cm³/mol. The molecule has 0 fully saturated rings. The van der Waals surface area contributed by atoms with Gasteiger partial charge in [0.05, 0.1) is 16.8 Å². The van der Waals surface area contributed by atoms with E-state index in [1.54, 1.807) is 0 Å². The van der Waals surface area contributed by atoms with Gasteiger partial charge in [0.15, 0.2) is 0 Å². The molecule has 0 aromatic heterocycles. The van der Waals surface area contributed by atoms with Gasteiger partial charge >= 0.3 is 0 Å². The van der Waals surface area contributed by atoms with Crippen LogP contribution in [0.1, 0.15) is 37.0 Å². The molecule has 0 bridgehead atoms. The van der Waals surface area contributed by atoms with E-state index in [1.807, 2.05) is 6.07 Å². The minimum atomic E-state index is -0.959. The largest absolute Gasteiger partial charge is 0.378 e. The molecule has 134 valence electrons. The predicted octanol–water partition coefficient (Wildman–Crippen LogP) is 5.15. The Balaban J connectivity index is 1.69. The van der Waals surface area contributed by atoms with Crippen LogP contribution in [0.2, 0.25) is 5.02 Å². The SMILES string of the molecule is CC1(C)c2cc(Cl)ccc2NC2C3=C(c4ccccc4CC3)S(=O)CC21. The summed E-state index contributed by atoms with van der Waals surface area (Å²) in [5, 5.41) is 4.55. The van der Waals surface area contributed by atoms with E-state index in [9.17, 15) is 4.21 Å². The van der Waals surface area contributed by atoms with Gasteiger partial charge in [0.2, 0.25) is 0 Å². The molecule has 4 heteroatoms. The second-order valence-corrected chi connectivity index (χ2v) is 10.0. The van der Waals surface area contributed by atoms with E-state index in [0.29, 0.717) is 11.7 Å². The lowest BCUT2D eigenvalue weighted by Gasteiger charge is -2.50. The van der Waals surface area contributed by atoms with Crippen molar-refractivity contribution in [2.45, 2.75) is 38.1 Å². The summed E-state index contributed by atoms with van der Waals surface area (Å²) in [6.45, 7) is 4.56. The van der Waals surface area contributed by atoms with Gasteiger partial charge in [-0.1, -0.05) is 49.7 Å². The maximum absolute atomic E-state index is 13.3. The molecular formula is C22H22ClNOS. The Morgan fingerprint density at radius 1 is 1.15 bits per heavy atom. The monoisotopic (exact) mass is 383 g/mol. The van der Waals surface area contributed by atoms with Crippen molar-refractivity contribution in [3.63, 3.8) is 0 Å². The molecule has 3 aliphatic rings. The molecule has 5 rings (SSSR count). The van der Waals surface area contributed by atoms with Gasteiger partial charge in [-0.3, -0.25) is 4.21 Å². The van der Waals surface area contributed by atoms with Crippen molar-refractivity contribution < 1.29 is 4.21 Å². The van der Waals surface area contributed by atoms with Gasteiger partial charge in [0, 0.05) is 27.3 Å². The van der Waals surface area contributed by atoms with Crippen LogP contribution in [0.25, 0.3) is 4.91 Å². The Morgan fingerprint density at radius 2 is 1.96 bits per heavy atom. The zero-order valence-electron chi connectivity index (χ0n) is 15.0. The summed E-state index contributed by atoms with van der Waals surface area (Å²) in [5.74, 6) is 1.00. The van der Waals surface area contributed by atoms with Gasteiger partial charge in [-0.05, 0) is 58.7 Å². The lowest BCUT2D eigenvalue weighted by molar-refractivity contribution is 0.308. The first-order valence-corrected chi connectivity index (χ1v) is 10.9. The molecule has 3 atom stereocenters. The lowest BCUT2D eigenvalue weighted by atomic mass is 9.65. The Labute approximate surface area is 162 Å². The van der Waals surface area contributed by atoms with Gasteiger partial charge in [0.1, 0.15) is 0 Å². The first kappa shape index (κ1) is 16.6. The molecule has 0 radical (unpaired) electrons. The van der Waals surface area contributed by atoms with Crippen LogP contribution in [-0.4, -0.2) is 16.0 Å². The quantitative estimate of drug-likeness (QED) is 0.681. The van der Waals surface area contributed by atoms with Gasteiger partial charge in [-0.15, -0.1) is 0 Å². The number of hydrogen-bond donors (Lipinski definition) is 1. The summed E-state index contributed by atoms with van der Waals surface area (Å²) in [5.41, 5.74) is 6.23. The molecule has 2 aromatic carbocycles. The fraction of sp³-hybridized carbons (Fsp3) is 0.364. The van der Waals surface area contributed by atoms with Crippen molar-refractivity contribution in [2.24, 2.45) is 5.92 Å². The van der Waals surface area contributed by atoms with E-state index in [-0.39, 0.29) is 11.5 Å². The molecule has 1 aliphatic carbocycles. The molecular weight excluding hydrogens is 362 g/mol. The van der Waals surface area contributed by atoms with E-state index in [4.69, 9.17) is 11.6 Å². The second kappa shape index (κ2) is 5.71. The molecule has 2 heterocycles. The first-order valence-electron chi connectivity index (χ1n) is 9.23. The van der Waals surface area contributed by atoms with Crippen LogP contribution in [0.3, 0.4) is 0 Å². The summed E-state index contributed by atoms with van der Waals surface area (Å²) < 4.78 is 13.3. The summed E-state index contributed by atoms with van der Waals surface area (Å²) in [6.07, 6.45) is 2.02. The third-order valence-corrected chi connectivity index (χ3v) is 8.30. The highest BCUT2D eigenvalue weighted by atomic mass is 35.5. The molecule has 0 saturated carbocycles. The fourth-order valence-electron chi connectivity index (χ4n) is 5.02. The van der Waals surface area contributed by atoms with E-state index in [0.717, 1.165) is 22.8 Å². The molecule has 2 nitrogen and oxygen atoms in total. The van der Waals surface area contributed by atoms with Gasteiger partial charge in [0.25, 0.3) is 0 Å². The topological polar surface area (TPSA) is 29.1 Å². The zero-order valence-corrected chi connectivity index (χ0v) is 16.6. The highest BCUT2D eigenvalue weighted by Crippen LogP contribution is 2.51. The number of halogens is 1. The average Bonchev–Trinajstić information content (AvgIpc) is 2.63. The summed E-state index contributed by atoms with van der Waals surface area (Å²) in [6, 6.07) is 14.8. The molecule has 3 unspecified atom stereocenters. The molecule has 0 amide bonds. The third-order valence-electron chi connectivity index (χ3n) is 6.47. The van der Waals surface area contributed by atoms with Crippen molar-refractivity contribution >= 4 is 33.0 Å². The van der Waals surface area contributed by atoms with Crippen LogP contribution in [0, 0.1) is 5.92 Å². The van der Waals surface area contributed by atoms with Crippen molar-refractivity contribution in [1.82, 2.24) is 0 Å². The smallest absolute Gasteiger partial charge is 0.0540 e. The van der Waals surface area contributed by atoms with Crippen molar-refractivity contribution in [3.05, 3.63) is 69.8 Å². The minimum Gasteiger partial charge on any atom is -0.378 e. The summed E-state index contributed by atoms with van der Waals surface area (Å²) in [4.78, 5) is 1.09. The van der Waals surface area contributed by atoms with Crippen LogP contribution >= 0.6 is 11.6 Å². The van der Waals surface area contributed by atoms with E-state index < -0.39 is 10.8 Å². The summed E-state index contributed by atoms with van der Waals surface area (Å²) in [7, 11) is -0.959. The van der Waals surface area contributed by atoms with Crippen LogP contribution in [0.4, 0.5) is 5.69 Å². The standard InChI is InChI=1S/C22H22ClNOS/c1-22(2)17-11-14(23)8-10-19(17)24-20-16-9-7-13-5-3-4-6-15(13)21(16)26(25)12-18(20)22/h3-6,8,10-11,18,20,24H,7,9,12H2,1-2H3. The number of rotatable bonds is 0. The van der Waals surface area contributed by atoms with Gasteiger partial charge in [-0.2, -0.15) is 0 Å². The van der Waals surface area contributed by atoms with Crippen molar-refractivity contribution in [3.8, 4) is 0 Å². The normalized spacial score (nSPS) is 28.3. The Hall–Kier alpha value is -1.58. The van der Waals surface area contributed by atoms with E-state index in [1.165, 1.54) is 28.0 Å². The fourth-order valence-corrected chi connectivity index (χ4v) is 7.26. The molecule has 1 N–H and O–H groups in total. The number of anilines is 1. The number of nitrogens with one attached hydrogen (secondary N) is 1. The molecule has 0 saturated heterocycles. The number of aryl methyl sites for hydroxylation is 1. The van der Waals surface area contributed by atoms with Crippen molar-refractivity contribution in [1.29, 1.82) is 0 Å². The molecule has 26 heavy (non-hydrogen) atoms. The van der Waals surface area contributed by atoms with Gasteiger partial charge < -0.3 is 5.32 Å². The van der Waals surface area contributed by atoms with E-state index in [2.05, 4.69) is 55.6 Å². The number of benzene rings is 2. The Kier molecular flexibility index (Phi) is 3.64. The second-order valence-electron chi connectivity index (χ2n) is 8.16. The van der Waals surface area contributed by atoms with Crippen LogP contribution in [0.5, 0.6) is 0 Å².